The summed E-state index contributed by atoms with van der Waals surface area (Å²) < 4.78 is 0. The van der Waals surface area contributed by atoms with Gasteiger partial charge in [0.1, 0.15) is 5.75 Å². The van der Waals surface area contributed by atoms with E-state index in [1.807, 2.05) is 12.1 Å². The highest BCUT2D eigenvalue weighted by atomic mass is 16.3. The Labute approximate surface area is 176 Å². The molecular formula is C27H48O. The summed E-state index contributed by atoms with van der Waals surface area (Å²) in [5.74, 6) is 1.78. The summed E-state index contributed by atoms with van der Waals surface area (Å²) in [6, 6.07) is 8.16. The first kappa shape index (κ1) is 25.1. The van der Waals surface area contributed by atoms with Gasteiger partial charge in [0.05, 0.1) is 0 Å². The predicted molar refractivity (Wildman–Crippen MR) is 125 cm³/mol. The molecule has 0 aromatic heterocycles. The van der Waals surface area contributed by atoms with E-state index in [0.29, 0.717) is 11.7 Å². The maximum atomic E-state index is 10.6. The van der Waals surface area contributed by atoms with Crippen molar-refractivity contribution in [3.63, 3.8) is 0 Å². The summed E-state index contributed by atoms with van der Waals surface area (Å²) >= 11 is 0. The number of aromatic hydroxyl groups is 1. The molecule has 2 unspecified atom stereocenters. The van der Waals surface area contributed by atoms with E-state index in [4.69, 9.17) is 0 Å². The van der Waals surface area contributed by atoms with Gasteiger partial charge in [-0.25, -0.2) is 0 Å². The van der Waals surface area contributed by atoms with Gasteiger partial charge in [-0.05, 0) is 42.7 Å². The molecule has 1 heteroatoms. The van der Waals surface area contributed by atoms with Crippen LogP contribution < -0.4 is 0 Å². The maximum Gasteiger partial charge on any atom is 0.119 e. The van der Waals surface area contributed by atoms with Crippen LogP contribution in [0.2, 0.25) is 0 Å². The second kappa shape index (κ2) is 16.9. The topological polar surface area (TPSA) is 20.2 Å². The SMILES string of the molecule is CCCCCCCCC(c1ccccc1O)C(CCCC)CCCCCCC. The fourth-order valence-electron chi connectivity index (χ4n) is 4.61. The number of phenolic OH excluding ortho intramolecular Hbond substituents is 1. The van der Waals surface area contributed by atoms with Gasteiger partial charge in [-0.3, -0.25) is 0 Å². The zero-order valence-corrected chi connectivity index (χ0v) is 19.2. The van der Waals surface area contributed by atoms with Crippen LogP contribution in [-0.4, -0.2) is 5.11 Å². The molecule has 1 aromatic carbocycles. The molecule has 0 aliphatic rings. The molecule has 0 bridgehead atoms. The summed E-state index contributed by atoms with van der Waals surface area (Å²) in [5.41, 5.74) is 1.21. The van der Waals surface area contributed by atoms with Gasteiger partial charge in [0, 0.05) is 0 Å². The van der Waals surface area contributed by atoms with Gasteiger partial charge in [-0.1, -0.05) is 122 Å². The number of hydrogen-bond acceptors (Lipinski definition) is 1. The molecule has 2 atom stereocenters. The van der Waals surface area contributed by atoms with Crippen LogP contribution in [0.4, 0.5) is 0 Å². The van der Waals surface area contributed by atoms with Gasteiger partial charge in [0.15, 0.2) is 0 Å². The Morgan fingerprint density at radius 1 is 0.607 bits per heavy atom. The van der Waals surface area contributed by atoms with Crippen LogP contribution in [0.3, 0.4) is 0 Å². The molecule has 1 nitrogen and oxygen atoms in total. The number of hydrogen-bond donors (Lipinski definition) is 1. The zero-order valence-electron chi connectivity index (χ0n) is 19.2. The lowest BCUT2D eigenvalue weighted by Gasteiger charge is -2.29. The zero-order chi connectivity index (χ0) is 20.5. The van der Waals surface area contributed by atoms with Gasteiger partial charge < -0.3 is 5.11 Å². The molecular weight excluding hydrogens is 340 g/mol. The van der Waals surface area contributed by atoms with Crippen molar-refractivity contribution in [2.75, 3.05) is 0 Å². The summed E-state index contributed by atoms with van der Waals surface area (Å²) in [5, 5.41) is 10.6. The smallest absolute Gasteiger partial charge is 0.119 e. The number of unbranched alkanes of at least 4 members (excludes halogenated alkanes) is 10. The van der Waals surface area contributed by atoms with Gasteiger partial charge >= 0.3 is 0 Å². The lowest BCUT2D eigenvalue weighted by molar-refractivity contribution is 0.317. The summed E-state index contributed by atoms with van der Waals surface area (Å²) in [6.45, 7) is 6.88. The first-order chi connectivity index (χ1) is 13.7. The molecule has 0 fully saturated rings. The van der Waals surface area contributed by atoms with Crippen molar-refractivity contribution in [2.45, 2.75) is 129 Å². The van der Waals surface area contributed by atoms with E-state index in [2.05, 4.69) is 32.9 Å². The number of para-hydroxylation sites is 1. The molecule has 162 valence electrons. The van der Waals surface area contributed by atoms with Crippen molar-refractivity contribution in [3.8, 4) is 5.75 Å². The normalized spacial score (nSPS) is 13.5. The van der Waals surface area contributed by atoms with Crippen LogP contribution in [0.25, 0.3) is 0 Å². The fraction of sp³-hybridized carbons (Fsp3) is 0.778. The lowest BCUT2D eigenvalue weighted by atomic mass is 9.76. The van der Waals surface area contributed by atoms with E-state index in [-0.39, 0.29) is 0 Å². The highest BCUT2D eigenvalue weighted by Gasteiger charge is 2.24. The average Bonchev–Trinajstić information content (AvgIpc) is 2.71. The second-order valence-electron chi connectivity index (χ2n) is 8.83. The molecule has 0 saturated carbocycles. The lowest BCUT2D eigenvalue weighted by Crippen LogP contribution is -2.14. The Hall–Kier alpha value is -0.980. The summed E-state index contributed by atoms with van der Waals surface area (Å²) in [7, 11) is 0. The quantitative estimate of drug-likeness (QED) is 0.248. The Balaban J connectivity index is 2.73. The van der Waals surface area contributed by atoms with Gasteiger partial charge in [-0.2, -0.15) is 0 Å². The summed E-state index contributed by atoms with van der Waals surface area (Å²) in [4.78, 5) is 0. The second-order valence-corrected chi connectivity index (χ2v) is 8.83. The van der Waals surface area contributed by atoms with Crippen molar-refractivity contribution in [2.24, 2.45) is 5.92 Å². The Morgan fingerprint density at radius 3 is 1.71 bits per heavy atom. The van der Waals surface area contributed by atoms with Crippen LogP contribution in [-0.2, 0) is 0 Å². The van der Waals surface area contributed by atoms with E-state index in [1.54, 1.807) is 0 Å². The number of rotatable bonds is 18. The number of benzene rings is 1. The van der Waals surface area contributed by atoms with E-state index >= 15 is 0 Å². The predicted octanol–water partition coefficient (Wildman–Crippen LogP) is 9.39. The van der Waals surface area contributed by atoms with E-state index in [9.17, 15) is 5.11 Å². The molecule has 0 amide bonds. The molecule has 1 rings (SSSR count). The molecule has 1 aromatic rings. The van der Waals surface area contributed by atoms with Crippen LogP contribution in [0, 0.1) is 5.92 Å². The van der Waals surface area contributed by atoms with Crippen molar-refractivity contribution < 1.29 is 5.11 Å². The number of phenols is 1. The third-order valence-corrected chi connectivity index (χ3v) is 6.38. The standard InChI is InChI=1S/C27H48O/c1-4-7-10-12-14-16-21-25(26-22-17-18-23-27(26)28)24(19-9-6-3)20-15-13-11-8-5-2/h17-18,22-25,28H,4-16,19-21H2,1-3H3. The van der Waals surface area contributed by atoms with Crippen molar-refractivity contribution >= 4 is 0 Å². The molecule has 0 aliphatic heterocycles. The van der Waals surface area contributed by atoms with Crippen molar-refractivity contribution in [1.29, 1.82) is 0 Å². The largest absolute Gasteiger partial charge is 0.508 e. The van der Waals surface area contributed by atoms with Gasteiger partial charge in [0.25, 0.3) is 0 Å². The van der Waals surface area contributed by atoms with Crippen LogP contribution >= 0.6 is 0 Å². The fourth-order valence-corrected chi connectivity index (χ4v) is 4.61. The maximum absolute atomic E-state index is 10.6. The molecule has 0 saturated heterocycles. The van der Waals surface area contributed by atoms with Crippen LogP contribution in [0.1, 0.15) is 135 Å². The molecule has 0 spiro atoms. The Bertz CT molecular complexity index is 467. The minimum Gasteiger partial charge on any atom is -0.508 e. The van der Waals surface area contributed by atoms with Crippen molar-refractivity contribution in [3.05, 3.63) is 29.8 Å². The average molecular weight is 389 g/mol. The molecule has 0 heterocycles. The first-order valence-corrected chi connectivity index (χ1v) is 12.5. The highest BCUT2D eigenvalue weighted by molar-refractivity contribution is 5.35. The third kappa shape index (κ3) is 10.5. The van der Waals surface area contributed by atoms with Gasteiger partial charge in [-0.15, -0.1) is 0 Å². The van der Waals surface area contributed by atoms with Crippen molar-refractivity contribution in [1.82, 2.24) is 0 Å². The van der Waals surface area contributed by atoms with Crippen LogP contribution in [0.15, 0.2) is 24.3 Å². The summed E-state index contributed by atoms with van der Waals surface area (Å²) in [6.07, 6.45) is 21.4. The Kier molecular flexibility index (Phi) is 15.1. The van der Waals surface area contributed by atoms with Crippen LogP contribution in [0.5, 0.6) is 5.75 Å². The molecule has 0 aliphatic carbocycles. The third-order valence-electron chi connectivity index (χ3n) is 6.38. The molecule has 28 heavy (non-hydrogen) atoms. The van der Waals surface area contributed by atoms with E-state index in [0.717, 1.165) is 5.92 Å². The van der Waals surface area contributed by atoms with E-state index in [1.165, 1.54) is 108 Å². The first-order valence-electron chi connectivity index (χ1n) is 12.5. The minimum absolute atomic E-state index is 0.519. The molecule has 0 radical (unpaired) electrons. The monoisotopic (exact) mass is 388 g/mol. The highest BCUT2D eigenvalue weighted by Crippen LogP contribution is 2.40. The Morgan fingerprint density at radius 2 is 1.11 bits per heavy atom. The van der Waals surface area contributed by atoms with Gasteiger partial charge in [0.2, 0.25) is 0 Å². The van der Waals surface area contributed by atoms with E-state index < -0.39 is 0 Å². The molecule has 1 N–H and O–H groups in total. The minimum atomic E-state index is 0.519.